The molecule has 0 unspecified atom stereocenters. The molecule has 2 aromatic rings. The van der Waals surface area contributed by atoms with Gasteiger partial charge in [-0.05, 0) is 49.7 Å². The molecule has 0 heterocycles. The number of halogens is 2. The summed E-state index contributed by atoms with van der Waals surface area (Å²) < 4.78 is 53.4. The summed E-state index contributed by atoms with van der Waals surface area (Å²) in [6, 6.07) is 5.81. The van der Waals surface area contributed by atoms with Crippen molar-refractivity contribution in [2.75, 3.05) is 10.5 Å². The number of anilines is 2. The van der Waals surface area contributed by atoms with Gasteiger partial charge in [-0.15, -0.1) is 0 Å². The highest BCUT2D eigenvalue weighted by Crippen LogP contribution is 2.23. The van der Waals surface area contributed by atoms with Gasteiger partial charge >= 0.3 is 0 Å². The summed E-state index contributed by atoms with van der Waals surface area (Å²) >= 11 is 0. The molecule has 0 saturated heterocycles. The largest absolute Gasteiger partial charge is 0.398 e. The van der Waals surface area contributed by atoms with E-state index in [2.05, 4.69) is 4.72 Å². The quantitative estimate of drug-likeness (QED) is 0.856. The molecule has 0 bridgehead atoms. The molecule has 0 atom stereocenters. The van der Waals surface area contributed by atoms with Crippen molar-refractivity contribution in [2.24, 2.45) is 0 Å². The predicted molar refractivity (Wildman–Crippen MR) is 77.5 cm³/mol. The van der Waals surface area contributed by atoms with Crippen molar-refractivity contribution in [3.8, 4) is 0 Å². The maximum absolute atomic E-state index is 13.6. The Morgan fingerprint density at radius 2 is 1.71 bits per heavy atom. The van der Waals surface area contributed by atoms with E-state index >= 15 is 0 Å². The minimum atomic E-state index is -4.05. The second-order valence-electron chi connectivity index (χ2n) is 4.74. The Bertz CT molecular complexity index is 761. The molecule has 112 valence electrons. The first-order valence-corrected chi connectivity index (χ1v) is 7.53. The van der Waals surface area contributed by atoms with Crippen molar-refractivity contribution in [3.63, 3.8) is 0 Å². The Balaban J connectivity index is 2.43. The number of aryl methyl sites for hydroxylation is 1. The highest BCUT2D eigenvalue weighted by atomic mass is 32.2. The molecule has 21 heavy (non-hydrogen) atoms. The summed E-state index contributed by atoms with van der Waals surface area (Å²) in [6.45, 7) is 3.08. The van der Waals surface area contributed by atoms with Gasteiger partial charge in [-0.2, -0.15) is 0 Å². The maximum atomic E-state index is 13.6. The monoisotopic (exact) mass is 312 g/mol. The van der Waals surface area contributed by atoms with E-state index in [1.54, 1.807) is 6.92 Å². The second-order valence-corrected chi connectivity index (χ2v) is 6.42. The topological polar surface area (TPSA) is 72.2 Å². The van der Waals surface area contributed by atoms with Crippen LogP contribution in [0.1, 0.15) is 11.1 Å². The van der Waals surface area contributed by atoms with Crippen LogP contribution >= 0.6 is 0 Å². The average Bonchev–Trinajstić information content (AvgIpc) is 2.33. The molecule has 0 aliphatic carbocycles. The van der Waals surface area contributed by atoms with Crippen LogP contribution in [0.3, 0.4) is 0 Å². The van der Waals surface area contributed by atoms with Gasteiger partial charge < -0.3 is 5.73 Å². The second kappa shape index (κ2) is 5.33. The molecular formula is C14H14F2N2O2S. The van der Waals surface area contributed by atoms with Crippen LogP contribution in [0.4, 0.5) is 20.2 Å². The summed E-state index contributed by atoms with van der Waals surface area (Å²) in [4.78, 5) is -0.315. The van der Waals surface area contributed by atoms with Crippen LogP contribution in [0.5, 0.6) is 0 Å². The fraction of sp³-hybridized carbons (Fsp3) is 0.143. The van der Waals surface area contributed by atoms with Crippen molar-refractivity contribution in [2.45, 2.75) is 18.7 Å². The molecule has 0 aliphatic rings. The molecule has 4 nitrogen and oxygen atoms in total. The van der Waals surface area contributed by atoms with Crippen molar-refractivity contribution >= 4 is 21.4 Å². The van der Waals surface area contributed by atoms with Crippen LogP contribution in [0.15, 0.2) is 35.2 Å². The lowest BCUT2D eigenvalue weighted by atomic mass is 10.2. The number of nitrogen functional groups attached to an aromatic ring is 1. The van der Waals surface area contributed by atoms with E-state index in [9.17, 15) is 17.2 Å². The van der Waals surface area contributed by atoms with Crippen molar-refractivity contribution < 1.29 is 17.2 Å². The normalized spacial score (nSPS) is 11.4. The number of nitrogens with two attached hydrogens (primary N) is 1. The van der Waals surface area contributed by atoms with Gasteiger partial charge in [-0.3, -0.25) is 4.72 Å². The predicted octanol–water partition coefficient (Wildman–Crippen LogP) is 2.96. The number of rotatable bonds is 3. The Morgan fingerprint density at radius 3 is 2.29 bits per heavy atom. The zero-order valence-electron chi connectivity index (χ0n) is 11.4. The molecular weight excluding hydrogens is 298 g/mol. The molecule has 0 saturated carbocycles. The van der Waals surface area contributed by atoms with E-state index in [0.717, 1.165) is 18.2 Å². The zero-order chi connectivity index (χ0) is 15.8. The lowest BCUT2D eigenvalue weighted by molar-refractivity contribution is 0.593. The lowest BCUT2D eigenvalue weighted by Gasteiger charge is -2.11. The van der Waals surface area contributed by atoms with Crippen LogP contribution in [0.2, 0.25) is 0 Å². The van der Waals surface area contributed by atoms with E-state index in [1.807, 2.05) is 0 Å². The molecule has 3 N–H and O–H groups in total. The Kier molecular flexibility index (Phi) is 3.87. The maximum Gasteiger partial charge on any atom is 0.262 e. The molecule has 0 fully saturated rings. The van der Waals surface area contributed by atoms with Gasteiger partial charge in [0.2, 0.25) is 0 Å². The van der Waals surface area contributed by atoms with Gasteiger partial charge in [-0.25, -0.2) is 17.2 Å². The molecule has 0 radical (unpaired) electrons. The first kappa shape index (κ1) is 15.2. The molecule has 2 aromatic carbocycles. The summed E-state index contributed by atoms with van der Waals surface area (Å²) in [5.74, 6) is -1.28. The summed E-state index contributed by atoms with van der Waals surface area (Å²) in [6.07, 6.45) is 0. The third-order valence-electron chi connectivity index (χ3n) is 2.96. The van der Waals surface area contributed by atoms with E-state index in [1.165, 1.54) is 19.1 Å². The van der Waals surface area contributed by atoms with E-state index in [4.69, 9.17) is 5.73 Å². The number of hydrogen-bond donors (Lipinski definition) is 2. The molecule has 0 amide bonds. The first-order valence-electron chi connectivity index (χ1n) is 6.04. The minimum absolute atomic E-state index is 0.0331. The van der Waals surface area contributed by atoms with Gasteiger partial charge in [0.05, 0.1) is 10.6 Å². The molecule has 0 spiro atoms. The summed E-state index contributed by atoms with van der Waals surface area (Å²) in [7, 11) is -4.05. The van der Waals surface area contributed by atoms with Crippen molar-refractivity contribution in [1.29, 1.82) is 0 Å². The fourth-order valence-electron chi connectivity index (χ4n) is 1.84. The molecule has 2 rings (SSSR count). The van der Waals surface area contributed by atoms with Crippen molar-refractivity contribution in [3.05, 3.63) is 53.1 Å². The number of hydrogen-bond acceptors (Lipinski definition) is 3. The standard InChI is InChI=1S/C14H14F2N2O2S/c1-8-3-10(15)5-11(4-8)18-21(19,20)12-6-13(16)9(2)14(17)7-12/h3-7,18H,17H2,1-2H3. The van der Waals surface area contributed by atoms with Gasteiger partial charge in [0.25, 0.3) is 10.0 Å². The average molecular weight is 312 g/mol. The Labute approximate surface area is 121 Å². The smallest absolute Gasteiger partial charge is 0.262 e. The van der Waals surface area contributed by atoms with Gasteiger partial charge in [0.15, 0.2) is 0 Å². The third-order valence-corrected chi connectivity index (χ3v) is 4.32. The number of nitrogens with one attached hydrogen (secondary N) is 1. The van der Waals surface area contributed by atoms with Crippen LogP contribution in [-0.4, -0.2) is 8.42 Å². The molecule has 0 aromatic heterocycles. The van der Waals surface area contributed by atoms with E-state index in [0.29, 0.717) is 5.56 Å². The fourth-order valence-corrected chi connectivity index (χ4v) is 2.93. The van der Waals surface area contributed by atoms with E-state index in [-0.39, 0.29) is 21.8 Å². The Hall–Kier alpha value is -2.15. The Morgan fingerprint density at radius 1 is 1.05 bits per heavy atom. The number of benzene rings is 2. The SMILES string of the molecule is Cc1cc(F)cc(NS(=O)(=O)c2cc(N)c(C)c(F)c2)c1. The third kappa shape index (κ3) is 3.30. The lowest BCUT2D eigenvalue weighted by Crippen LogP contribution is -2.14. The highest BCUT2D eigenvalue weighted by Gasteiger charge is 2.18. The van der Waals surface area contributed by atoms with E-state index < -0.39 is 21.7 Å². The van der Waals surface area contributed by atoms with Crippen molar-refractivity contribution in [1.82, 2.24) is 0 Å². The highest BCUT2D eigenvalue weighted by molar-refractivity contribution is 7.92. The van der Waals surface area contributed by atoms with Crippen LogP contribution in [0, 0.1) is 25.5 Å². The van der Waals surface area contributed by atoms with Gasteiger partial charge in [0, 0.05) is 11.3 Å². The summed E-state index contributed by atoms with van der Waals surface area (Å²) in [5.41, 5.74) is 6.40. The van der Waals surface area contributed by atoms with Crippen LogP contribution in [-0.2, 0) is 10.0 Å². The zero-order valence-corrected chi connectivity index (χ0v) is 12.3. The summed E-state index contributed by atoms with van der Waals surface area (Å²) in [5, 5.41) is 0. The van der Waals surface area contributed by atoms with Crippen LogP contribution < -0.4 is 10.5 Å². The van der Waals surface area contributed by atoms with Gasteiger partial charge in [0.1, 0.15) is 11.6 Å². The van der Waals surface area contributed by atoms with Gasteiger partial charge in [-0.1, -0.05) is 0 Å². The van der Waals surface area contributed by atoms with Crippen LogP contribution in [0.25, 0.3) is 0 Å². The number of sulfonamides is 1. The minimum Gasteiger partial charge on any atom is -0.398 e. The molecule has 7 heteroatoms. The first-order chi connectivity index (χ1) is 9.69. The molecule has 0 aliphatic heterocycles.